The molecule has 2 aromatic carbocycles. The van der Waals surface area contributed by atoms with Gasteiger partial charge in [-0.05, 0) is 54.3 Å². The summed E-state index contributed by atoms with van der Waals surface area (Å²) in [7, 11) is 0. The fourth-order valence-electron chi connectivity index (χ4n) is 3.29. The van der Waals surface area contributed by atoms with Crippen LogP contribution in [0.5, 0.6) is 5.75 Å². The van der Waals surface area contributed by atoms with Gasteiger partial charge >= 0.3 is 0 Å². The van der Waals surface area contributed by atoms with Crippen LogP contribution in [-0.2, 0) is 11.2 Å². The SMILES string of the molecule is CCCc1ccc(O[C@@H]2O[C@@H](C)[C@@H](O)[C@@H](O)[C@@H]2O)cc1-c1cccc(F)c1. The number of aryl methyl sites for hydroxylation is 1. The molecule has 0 aliphatic carbocycles. The molecule has 0 bridgehead atoms. The predicted molar refractivity (Wildman–Crippen MR) is 98.8 cm³/mol. The molecule has 0 radical (unpaired) electrons. The lowest BCUT2D eigenvalue weighted by molar-refractivity contribution is -0.268. The quantitative estimate of drug-likeness (QED) is 0.748. The lowest BCUT2D eigenvalue weighted by Crippen LogP contribution is -2.58. The largest absolute Gasteiger partial charge is 0.462 e. The molecule has 0 amide bonds. The molecule has 27 heavy (non-hydrogen) atoms. The van der Waals surface area contributed by atoms with Crippen molar-refractivity contribution in [3.8, 4) is 16.9 Å². The van der Waals surface area contributed by atoms with Gasteiger partial charge in [-0.2, -0.15) is 0 Å². The third-order valence-corrected chi connectivity index (χ3v) is 4.80. The van der Waals surface area contributed by atoms with Gasteiger partial charge < -0.3 is 24.8 Å². The summed E-state index contributed by atoms with van der Waals surface area (Å²) in [5, 5.41) is 29.9. The molecule has 1 heterocycles. The van der Waals surface area contributed by atoms with Gasteiger partial charge in [-0.1, -0.05) is 31.5 Å². The highest BCUT2D eigenvalue weighted by Crippen LogP contribution is 2.31. The van der Waals surface area contributed by atoms with Gasteiger partial charge in [0.25, 0.3) is 0 Å². The first-order valence-corrected chi connectivity index (χ1v) is 9.16. The van der Waals surface area contributed by atoms with E-state index in [1.165, 1.54) is 12.1 Å². The van der Waals surface area contributed by atoms with Crippen LogP contribution in [0.3, 0.4) is 0 Å². The molecule has 6 heteroatoms. The van der Waals surface area contributed by atoms with Gasteiger partial charge in [0.2, 0.25) is 6.29 Å². The molecule has 1 aliphatic rings. The van der Waals surface area contributed by atoms with Crippen LogP contribution in [0.15, 0.2) is 42.5 Å². The maximum atomic E-state index is 13.7. The van der Waals surface area contributed by atoms with Crippen LogP contribution in [-0.4, -0.2) is 46.0 Å². The van der Waals surface area contributed by atoms with Crippen molar-refractivity contribution in [2.24, 2.45) is 0 Å². The second-order valence-corrected chi connectivity index (χ2v) is 6.88. The van der Waals surface area contributed by atoms with Crippen molar-refractivity contribution in [3.05, 3.63) is 53.8 Å². The van der Waals surface area contributed by atoms with Crippen LogP contribution in [0.2, 0.25) is 0 Å². The average molecular weight is 376 g/mol. The van der Waals surface area contributed by atoms with Crippen molar-refractivity contribution in [2.75, 3.05) is 0 Å². The number of hydrogen-bond acceptors (Lipinski definition) is 5. The molecule has 1 fully saturated rings. The highest BCUT2D eigenvalue weighted by Gasteiger charge is 2.43. The van der Waals surface area contributed by atoms with Crippen LogP contribution in [0.1, 0.15) is 25.8 Å². The lowest BCUT2D eigenvalue weighted by Gasteiger charge is -2.38. The highest BCUT2D eigenvalue weighted by molar-refractivity contribution is 5.69. The van der Waals surface area contributed by atoms with E-state index < -0.39 is 30.7 Å². The molecule has 0 saturated carbocycles. The van der Waals surface area contributed by atoms with Gasteiger partial charge in [-0.25, -0.2) is 4.39 Å². The van der Waals surface area contributed by atoms with Gasteiger partial charge in [-0.3, -0.25) is 0 Å². The van der Waals surface area contributed by atoms with Crippen LogP contribution >= 0.6 is 0 Å². The van der Waals surface area contributed by atoms with Crippen LogP contribution in [0, 0.1) is 5.82 Å². The molecule has 2 aromatic rings. The first kappa shape index (κ1) is 19.8. The summed E-state index contributed by atoms with van der Waals surface area (Å²) in [6.07, 6.45) is -3.96. The smallest absolute Gasteiger partial charge is 0.229 e. The molecule has 1 saturated heterocycles. The van der Waals surface area contributed by atoms with Crippen molar-refractivity contribution in [2.45, 2.75) is 57.4 Å². The number of halogens is 1. The molecule has 146 valence electrons. The van der Waals surface area contributed by atoms with Crippen molar-refractivity contribution in [3.63, 3.8) is 0 Å². The van der Waals surface area contributed by atoms with Crippen LogP contribution in [0.4, 0.5) is 4.39 Å². The summed E-state index contributed by atoms with van der Waals surface area (Å²) in [5.41, 5.74) is 2.63. The normalized spacial score (nSPS) is 28.1. The van der Waals surface area contributed by atoms with Crippen molar-refractivity contribution >= 4 is 0 Å². The Morgan fingerprint density at radius 2 is 1.81 bits per heavy atom. The Hall–Kier alpha value is -1.99. The summed E-state index contributed by atoms with van der Waals surface area (Å²) in [4.78, 5) is 0. The molecule has 3 N–H and O–H groups in total. The second kappa shape index (κ2) is 8.35. The number of aliphatic hydroxyl groups is 3. The molecule has 5 atom stereocenters. The number of rotatable bonds is 5. The van der Waals surface area contributed by atoms with Gasteiger partial charge in [0.1, 0.15) is 29.9 Å². The van der Waals surface area contributed by atoms with E-state index in [1.54, 1.807) is 25.1 Å². The fraction of sp³-hybridized carbons (Fsp3) is 0.429. The van der Waals surface area contributed by atoms with E-state index in [0.717, 1.165) is 29.5 Å². The minimum Gasteiger partial charge on any atom is -0.462 e. The van der Waals surface area contributed by atoms with Crippen LogP contribution in [0.25, 0.3) is 11.1 Å². The topological polar surface area (TPSA) is 79.2 Å². The van der Waals surface area contributed by atoms with E-state index in [2.05, 4.69) is 6.92 Å². The summed E-state index contributed by atoms with van der Waals surface area (Å²) < 4.78 is 24.9. The molecule has 0 unspecified atom stereocenters. The second-order valence-electron chi connectivity index (χ2n) is 6.88. The molecular formula is C21H25FO5. The summed E-state index contributed by atoms with van der Waals surface area (Å²) in [6, 6.07) is 11.8. The first-order valence-electron chi connectivity index (χ1n) is 9.16. The van der Waals surface area contributed by atoms with Crippen molar-refractivity contribution in [1.29, 1.82) is 0 Å². The number of hydrogen-bond donors (Lipinski definition) is 3. The van der Waals surface area contributed by atoms with Gasteiger partial charge in [0, 0.05) is 0 Å². The zero-order valence-corrected chi connectivity index (χ0v) is 15.4. The molecule has 0 spiro atoms. The van der Waals surface area contributed by atoms with E-state index in [-0.39, 0.29) is 5.82 Å². The summed E-state index contributed by atoms with van der Waals surface area (Å²) >= 11 is 0. The maximum absolute atomic E-state index is 13.7. The number of benzene rings is 2. The molecule has 3 rings (SSSR count). The Kier molecular flexibility index (Phi) is 6.11. The summed E-state index contributed by atoms with van der Waals surface area (Å²) in [5.74, 6) is 0.104. The minimum atomic E-state index is -1.39. The molecular weight excluding hydrogens is 351 g/mol. The number of ether oxygens (including phenoxy) is 2. The monoisotopic (exact) mass is 376 g/mol. The molecule has 5 nitrogen and oxygen atoms in total. The minimum absolute atomic E-state index is 0.321. The standard InChI is InChI=1S/C21H25FO5/c1-3-5-13-8-9-16(11-17(13)14-6-4-7-15(22)10-14)27-21-20(25)19(24)18(23)12(2)26-21/h4,6-12,18-21,23-25H,3,5H2,1-2H3/t12-,18+,19+,20-,21-/m0/s1. The average Bonchev–Trinajstić information content (AvgIpc) is 2.65. The Morgan fingerprint density at radius 1 is 1.04 bits per heavy atom. The van der Waals surface area contributed by atoms with Crippen molar-refractivity contribution in [1.82, 2.24) is 0 Å². The Labute approximate surface area is 158 Å². The maximum Gasteiger partial charge on any atom is 0.229 e. The van der Waals surface area contributed by atoms with Gasteiger partial charge in [0.05, 0.1) is 6.10 Å². The molecule has 0 aromatic heterocycles. The van der Waals surface area contributed by atoms with E-state index in [9.17, 15) is 19.7 Å². The van der Waals surface area contributed by atoms with Crippen LogP contribution < -0.4 is 4.74 Å². The third kappa shape index (κ3) is 4.30. The van der Waals surface area contributed by atoms with E-state index in [4.69, 9.17) is 9.47 Å². The zero-order chi connectivity index (χ0) is 19.6. The van der Waals surface area contributed by atoms with Gasteiger partial charge in [-0.15, -0.1) is 0 Å². The molecule has 1 aliphatic heterocycles. The van der Waals surface area contributed by atoms with E-state index in [1.807, 2.05) is 12.1 Å². The van der Waals surface area contributed by atoms with E-state index >= 15 is 0 Å². The zero-order valence-electron chi connectivity index (χ0n) is 15.4. The Balaban J connectivity index is 1.89. The number of aliphatic hydroxyl groups excluding tert-OH is 3. The Bertz CT molecular complexity index is 781. The highest BCUT2D eigenvalue weighted by atomic mass is 19.1. The lowest BCUT2D eigenvalue weighted by atomic mass is 9.96. The third-order valence-electron chi connectivity index (χ3n) is 4.80. The van der Waals surface area contributed by atoms with Crippen molar-refractivity contribution < 1.29 is 29.2 Å². The summed E-state index contributed by atoms with van der Waals surface area (Å²) in [6.45, 7) is 3.67. The van der Waals surface area contributed by atoms with E-state index in [0.29, 0.717) is 5.75 Å². The predicted octanol–water partition coefficient (Wildman–Crippen LogP) is 2.65. The first-order chi connectivity index (χ1) is 12.9. The fourth-order valence-corrected chi connectivity index (χ4v) is 3.29. The Morgan fingerprint density at radius 3 is 2.52 bits per heavy atom. The van der Waals surface area contributed by atoms with Gasteiger partial charge in [0.15, 0.2) is 0 Å².